The number of morpholine rings is 2. The van der Waals surface area contributed by atoms with Gasteiger partial charge in [-0.05, 0) is 43.7 Å². The second-order valence-corrected chi connectivity index (χ2v) is 9.93. The number of amides is 1. The molecule has 35 heavy (non-hydrogen) atoms. The molecule has 8 heteroatoms. The highest BCUT2D eigenvalue weighted by molar-refractivity contribution is 5.79. The van der Waals surface area contributed by atoms with E-state index in [2.05, 4.69) is 21.2 Å². The summed E-state index contributed by atoms with van der Waals surface area (Å²) in [6.45, 7) is 7.84. The highest BCUT2D eigenvalue weighted by atomic mass is 16.5. The minimum Gasteiger partial charge on any atom is -0.491 e. The van der Waals surface area contributed by atoms with Crippen molar-refractivity contribution in [3.63, 3.8) is 0 Å². The van der Waals surface area contributed by atoms with E-state index >= 15 is 0 Å². The SMILES string of the molecule is CC(C)(NC(=O)CN1CC2CN(C[C@H](O)COc3ccc(C#N)cc3)CC(C1)O2)c1ccccc1. The van der Waals surface area contributed by atoms with Crippen molar-refractivity contribution < 1.29 is 19.4 Å². The van der Waals surface area contributed by atoms with Crippen LogP contribution in [0.2, 0.25) is 0 Å². The van der Waals surface area contributed by atoms with Crippen LogP contribution < -0.4 is 10.1 Å². The van der Waals surface area contributed by atoms with Crippen molar-refractivity contribution in [2.45, 2.75) is 37.7 Å². The van der Waals surface area contributed by atoms with Crippen molar-refractivity contribution in [3.8, 4) is 11.8 Å². The predicted molar refractivity (Wildman–Crippen MR) is 132 cm³/mol. The maximum atomic E-state index is 12.8. The summed E-state index contributed by atoms with van der Waals surface area (Å²) < 4.78 is 11.8. The molecule has 2 aromatic rings. The Labute approximate surface area is 207 Å². The maximum Gasteiger partial charge on any atom is 0.234 e. The molecule has 1 amide bonds. The number of aliphatic hydroxyl groups is 1. The van der Waals surface area contributed by atoms with Crippen LogP contribution in [0.4, 0.5) is 0 Å². The van der Waals surface area contributed by atoms with Gasteiger partial charge in [-0.15, -0.1) is 0 Å². The fraction of sp³-hybridized carbons (Fsp3) is 0.481. The molecule has 0 spiro atoms. The molecule has 2 aromatic carbocycles. The van der Waals surface area contributed by atoms with Crippen molar-refractivity contribution in [3.05, 3.63) is 65.7 Å². The van der Waals surface area contributed by atoms with Gasteiger partial charge in [0.25, 0.3) is 0 Å². The topological polar surface area (TPSA) is 98.1 Å². The average Bonchev–Trinajstić information content (AvgIpc) is 2.82. The molecule has 3 atom stereocenters. The smallest absolute Gasteiger partial charge is 0.234 e. The number of carbonyl (C=O) groups excluding carboxylic acids is 1. The molecule has 2 fully saturated rings. The summed E-state index contributed by atoms with van der Waals surface area (Å²) in [5, 5.41) is 22.5. The number of aliphatic hydroxyl groups excluding tert-OH is 1. The quantitative estimate of drug-likeness (QED) is 0.567. The molecule has 2 bridgehead atoms. The Bertz CT molecular complexity index is 1010. The van der Waals surface area contributed by atoms with Crippen molar-refractivity contribution in [1.29, 1.82) is 5.26 Å². The van der Waals surface area contributed by atoms with Gasteiger partial charge in [-0.25, -0.2) is 0 Å². The van der Waals surface area contributed by atoms with E-state index in [1.54, 1.807) is 24.3 Å². The second-order valence-electron chi connectivity index (χ2n) is 9.93. The van der Waals surface area contributed by atoms with Crippen LogP contribution in [0.25, 0.3) is 0 Å². The number of benzene rings is 2. The zero-order valence-electron chi connectivity index (χ0n) is 20.4. The lowest BCUT2D eigenvalue weighted by molar-refractivity contribution is -0.148. The minimum absolute atomic E-state index is 0.00378. The number of ether oxygens (including phenoxy) is 2. The van der Waals surface area contributed by atoms with Crippen molar-refractivity contribution in [1.82, 2.24) is 15.1 Å². The van der Waals surface area contributed by atoms with E-state index in [-0.39, 0.29) is 24.7 Å². The van der Waals surface area contributed by atoms with Gasteiger partial charge in [0.2, 0.25) is 5.91 Å². The van der Waals surface area contributed by atoms with Crippen molar-refractivity contribution in [2.24, 2.45) is 0 Å². The number of nitriles is 1. The van der Waals surface area contributed by atoms with E-state index < -0.39 is 11.6 Å². The largest absolute Gasteiger partial charge is 0.491 e. The van der Waals surface area contributed by atoms with E-state index in [0.717, 1.165) is 5.56 Å². The van der Waals surface area contributed by atoms with E-state index in [1.165, 1.54) is 0 Å². The van der Waals surface area contributed by atoms with Crippen LogP contribution >= 0.6 is 0 Å². The second kappa shape index (κ2) is 11.2. The summed E-state index contributed by atoms with van der Waals surface area (Å²) >= 11 is 0. The van der Waals surface area contributed by atoms with E-state index in [9.17, 15) is 9.90 Å². The fourth-order valence-electron chi connectivity index (χ4n) is 4.83. The van der Waals surface area contributed by atoms with E-state index in [1.807, 2.05) is 44.2 Å². The fourth-order valence-corrected chi connectivity index (χ4v) is 4.83. The number of carbonyl (C=O) groups is 1. The third-order valence-corrected chi connectivity index (χ3v) is 6.44. The third-order valence-electron chi connectivity index (χ3n) is 6.44. The highest BCUT2D eigenvalue weighted by Gasteiger charge is 2.36. The van der Waals surface area contributed by atoms with Gasteiger partial charge < -0.3 is 19.9 Å². The molecule has 0 aromatic heterocycles. The molecular weight excluding hydrogens is 444 g/mol. The highest BCUT2D eigenvalue weighted by Crippen LogP contribution is 2.21. The molecule has 2 unspecified atom stereocenters. The number of nitrogens with zero attached hydrogens (tertiary/aromatic N) is 3. The van der Waals surface area contributed by atoms with Crippen LogP contribution in [-0.2, 0) is 15.1 Å². The number of hydrogen-bond acceptors (Lipinski definition) is 7. The van der Waals surface area contributed by atoms with Gasteiger partial charge in [0, 0.05) is 32.7 Å². The van der Waals surface area contributed by atoms with E-state index in [0.29, 0.717) is 50.6 Å². The first-order valence-corrected chi connectivity index (χ1v) is 12.1. The molecule has 2 N–H and O–H groups in total. The van der Waals surface area contributed by atoms with E-state index in [4.69, 9.17) is 14.7 Å². The Morgan fingerprint density at radius 3 is 2.37 bits per heavy atom. The van der Waals surface area contributed by atoms with Gasteiger partial charge in [0.1, 0.15) is 18.5 Å². The van der Waals surface area contributed by atoms with Crippen molar-refractivity contribution >= 4 is 5.91 Å². The van der Waals surface area contributed by atoms with Crippen LogP contribution in [-0.4, -0.2) is 85.0 Å². The molecule has 0 saturated carbocycles. The number of β-amino-alcohol motifs (C(OH)–C–C–N with tert-alkyl or cyclic N) is 1. The number of nitrogens with one attached hydrogen (secondary N) is 1. The van der Waals surface area contributed by atoms with Gasteiger partial charge in [0.15, 0.2) is 0 Å². The molecule has 186 valence electrons. The first-order chi connectivity index (χ1) is 16.8. The van der Waals surface area contributed by atoms with Crippen molar-refractivity contribution in [2.75, 3.05) is 45.9 Å². The third kappa shape index (κ3) is 7.03. The molecule has 2 aliphatic heterocycles. The summed E-state index contributed by atoms with van der Waals surface area (Å²) in [6.07, 6.45) is -0.625. The maximum absolute atomic E-state index is 12.8. The van der Waals surface area contributed by atoms with Gasteiger partial charge in [-0.2, -0.15) is 5.26 Å². The lowest BCUT2D eigenvalue weighted by Crippen LogP contribution is -2.61. The minimum atomic E-state index is -0.633. The Kier molecular flexibility index (Phi) is 8.04. The zero-order chi connectivity index (χ0) is 24.8. The first kappa shape index (κ1) is 25.1. The molecule has 2 saturated heterocycles. The summed E-state index contributed by atoms with van der Waals surface area (Å²) in [5.41, 5.74) is 1.21. The normalized spacial score (nSPS) is 21.7. The average molecular weight is 479 g/mol. The van der Waals surface area contributed by atoms with Crippen LogP contribution in [0.1, 0.15) is 25.0 Å². The Morgan fingerprint density at radius 2 is 1.74 bits per heavy atom. The molecule has 8 nitrogen and oxygen atoms in total. The Balaban J connectivity index is 1.21. The van der Waals surface area contributed by atoms with Crippen LogP contribution in [0.3, 0.4) is 0 Å². The predicted octanol–water partition coefficient (Wildman–Crippen LogP) is 1.73. The van der Waals surface area contributed by atoms with Crippen LogP contribution in [0.5, 0.6) is 5.75 Å². The van der Waals surface area contributed by atoms with Gasteiger partial charge in [-0.1, -0.05) is 30.3 Å². The Morgan fingerprint density at radius 1 is 1.11 bits per heavy atom. The van der Waals surface area contributed by atoms with Crippen LogP contribution in [0, 0.1) is 11.3 Å². The molecule has 2 heterocycles. The van der Waals surface area contributed by atoms with Gasteiger partial charge in [0.05, 0.1) is 35.9 Å². The first-order valence-electron chi connectivity index (χ1n) is 12.1. The number of hydrogen-bond donors (Lipinski definition) is 2. The molecule has 0 aliphatic carbocycles. The molecule has 2 aliphatic rings. The number of rotatable bonds is 9. The molecule has 0 radical (unpaired) electrons. The summed E-state index contributed by atoms with van der Waals surface area (Å²) in [5.74, 6) is 0.636. The molecular formula is C27H34N4O4. The Hall–Kier alpha value is -2.96. The van der Waals surface area contributed by atoms with Gasteiger partial charge in [-0.3, -0.25) is 14.6 Å². The standard InChI is InChI=1S/C27H34N4O4/c1-27(2,21-6-4-3-5-7-21)29-26(33)18-31-16-24-14-30(15-25(17-31)35-24)13-22(32)19-34-23-10-8-20(12-28)9-11-23/h3-11,22,24-25,32H,13-19H2,1-2H3,(H,29,33)/t22-,24?,25?/m0/s1. The van der Waals surface area contributed by atoms with Gasteiger partial charge >= 0.3 is 0 Å². The molecule has 4 rings (SSSR count). The monoisotopic (exact) mass is 478 g/mol. The zero-order valence-corrected chi connectivity index (χ0v) is 20.4. The number of fused-ring (bicyclic) bond motifs is 2. The van der Waals surface area contributed by atoms with Crippen LogP contribution in [0.15, 0.2) is 54.6 Å². The lowest BCUT2D eigenvalue weighted by Gasteiger charge is -2.46. The lowest BCUT2D eigenvalue weighted by atomic mass is 9.94. The summed E-state index contributed by atoms with van der Waals surface area (Å²) in [4.78, 5) is 17.2. The summed E-state index contributed by atoms with van der Waals surface area (Å²) in [7, 11) is 0. The summed E-state index contributed by atoms with van der Waals surface area (Å²) in [6, 6.07) is 18.9.